The van der Waals surface area contributed by atoms with Crippen molar-refractivity contribution >= 4 is 16.7 Å². The van der Waals surface area contributed by atoms with E-state index in [1.807, 2.05) is 6.92 Å². The maximum atomic E-state index is 12.6. The van der Waals surface area contributed by atoms with E-state index in [1.54, 1.807) is 7.11 Å². The Labute approximate surface area is 130 Å². The fourth-order valence-electron chi connectivity index (χ4n) is 3.42. The third-order valence-electron chi connectivity index (χ3n) is 4.83. The average Bonchev–Trinajstić information content (AvgIpc) is 2.54. The number of amides is 1. The SMILES string of the molecule is CCS(=O)C1CCCC(NC(=O)C2(OC)CCNCC2)C1. The Kier molecular flexibility index (Phi) is 6.20. The lowest BCUT2D eigenvalue weighted by molar-refractivity contribution is -0.147. The van der Waals surface area contributed by atoms with Crippen LogP contribution < -0.4 is 10.6 Å². The number of carbonyl (C=O) groups excluding carboxylic acids is 1. The van der Waals surface area contributed by atoms with Gasteiger partial charge in [-0.05, 0) is 45.2 Å². The summed E-state index contributed by atoms with van der Waals surface area (Å²) in [6, 6.07) is 0.147. The Morgan fingerprint density at radius 1 is 1.38 bits per heavy atom. The number of ether oxygens (including phenoxy) is 1. The van der Waals surface area contributed by atoms with E-state index >= 15 is 0 Å². The first kappa shape index (κ1) is 16.9. The Morgan fingerprint density at radius 3 is 2.71 bits per heavy atom. The smallest absolute Gasteiger partial charge is 0.252 e. The van der Waals surface area contributed by atoms with Crippen LogP contribution in [0.4, 0.5) is 0 Å². The fourth-order valence-corrected chi connectivity index (χ4v) is 4.77. The minimum atomic E-state index is -0.758. The number of hydrogen-bond acceptors (Lipinski definition) is 4. The topological polar surface area (TPSA) is 67.4 Å². The zero-order valence-electron chi connectivity index (χ0n) is 13.2. The number of methoxy groups -OCH3 is 1. The van der Waals surface area contributed by atoms with Crippen LogP contribution in [0.3, 0.4) is 0 Å². The van der Waals surface area contributed by atoms with Crippen LogP contribution in [-0.4, -0.2) is 53.0 Å². The zero-order valence-corrected chi connectivity index (χ0v) is 14.0. The Balaban J connectivity index is 1.93. The van der Waals surface area contributed by atoms with Crippen molar-refractivity contribution in [3.05, 3.63) is 0 Å². The normalized spacial score (nSPS) is 30.6. The highest BCUT2D eigenvalue weighted by molar-refractivity contribution is 7.85. The monoisotopic (exact) mass is 316 g/mol. The summed E-state index contributed by atoms with van der Waals surface area (Å²) in [4.78, 5) is 12.6. The molecule has 1 heterocycles. The molecule has 2 rings (SSSR count). The van der Waals surface area contributed by atoms with Gasteiger partial charge in [-0.15, -0.1) is 0 Å². The molecule has 1 amide bonds. The fraction of sp³-hybridized carbons (Fsp3) is 0.933. The molecule has 6 heteroatoms. The first-order chi connectivity index (χ1) is 10.1. The summed E-state index contributed by atoms with van der Waals surface area (Å²) in [6.07, 6.45) is 5.32. The molecule has 1 aliphatic carbocycles. The summed E-state index contributed by atoms with van der Waals surface area (Å²) in [6.45, 7) is 3.59. The van der Waals surface area contributed by atoms with Gasteiger partial charge < -0.3 is 15.4 Å². The number of piperidine rings is 1. The molecule has 122 valence electrons. The van der Waals surface area contributed by atoms with Crippen molar-refractivity contribution < 1.29 is 13.7 Å². The molecule has 0 aromatic carbocycles. The van der Waals surface area contributed by atoms with E-state index in [9.17, 15) is 9.00 Å². The van der Waals surface area contributed by atoms with E-state index < -0.39 is 16.4 Å². The standard InChI is InChI=1S/C15H28N2O3S/c1-3-21(19)13-6-4-5-12(11-13)17-14(18)15(20-2)7-9-16-10-8-15/h12-13,16H,3-11H2,1-2H3,(H,17,18). The van der Waals surface area contributed by atoms with E-state index in [1.165, 1.54) is 0 Å². The molecular formula is C15H28N2O3S. The predicted molar refractivity (Wildman–Crippen MR) is 84.7 cm³/mol. The molecule has 5 nitrogen and oxygen atoms in total. The molecule has 2 aliphatic rings. The van der Waals surface area contributed by atoms with Gasteiger partial charge >= 0.3 is 0 Å². The number of rotatable bonds is 5. The van der Waals surface area contributed by atoms with Gasteiger partial charge in [-0.25, -0.2) is 0 Å². The van der Waals surface area contributed by atoms with E-state index in [-0.39, 0.29) is 17.2 Å². The van der Waals surface area contributed by atoms with Gasteiger partial charge in [0, 0.05) is 35.0 Å². The molecule has 1 saturated carbocycles. The van der Waals surface area contributed by atoms with Crippen LogP contribution in [0.15, 0.2) is 0 Å². The molecule has 0 spiro atoms. The van der Waals surface area contributed by atoms with Crippen molar-refractivity contribution in [2.75, 3.05) is 26.0 Å². The van der Waals surface area contributed by atoms with Crippen molar-refractivity contribution in [2.45, 2.75) is 62.3 Å². The number of nitrogens with one attached hydrogen (secondary N) is 2. The first-order valence-electron chi connectivity index (χ1n) is 8.05. The minimum Gasteiger partial charge on any atom is -0.368 e. The molecule has 2 fully saturated rings. The second-order valence-corrected chi connectivity index (χ2v) is 8.08. The van der Waals surface area contributed by atoms with Crippen molar-refractivity contribution in [1.29, 1.82) is 0 Å². The third kappa shape index (κ3) is 4.05. The van der Waals surface area contributed by atoms with Gasteiger partial charge in [-0.2, -0.15) is 0 Å². The zero-order chi connectivity index (χ0) is 15.3. The highest BCUT2D eigenvalue weighted by Crippen LogP contribution is 2.26. The maximum absolute atomic E-state index is 12.6. The molecule has 3 unspecified atom stereocenters. The molecule has 3 atom stereocenters. The third-order valence-corrected chi connectivity index (χ3v) is 6.57. The van der Waals surface area contributed by atoms with Crippen molar-refractivity contribution in [3.8, 4) is 0 Å². The van der Waals surface area contributed by atoms with Crippen molar-refractivity contribution in [3.63, 3.8) is 0 Å². The van der Waals surface area contributed by atoms with Crippen LogP contribution in [0, 0.1) is 0 Å². The second kappa shape index (κ2) is 7.70. The van der Waals surface area contributed by atoms with E-state index in [4.69, 9.17) is 4.74 Å². The average molecular weight is 316 g/mol. The van der Waals surface area contributed by atoms with Crippen LogP contribution in [0.5, 0.6) is 0 Å². The Morgan fingerprint density at radius 2 is 2.10 bits per heavy atom. The summed E-state index contributed by atoms with van der Waals surface area (Å²) < 4.78 is 17.6. The summed E-state index contributed by atoms with van der Waals surface area (Å²) in [5.41, 5.74) is -0.678. The highest BCUT2D eigenvalue weighted by Gasteiger charge is 2.41. The summed E-state index contributed by atoms with van der Waals surface area (Å²) in [5, 5.41) is 6.66. The van der Waals surface area contributed by atoms with Gasteiger partial charge in [0.25, 0.3) is 5.91 Å². The van der Waals surface area contributed by atoms with Crippen LogP contribution in [-0.2, 0) is 20.3 Å². The molecule has 0 aromatic heterocycles. The maximum Gasteiger partial charge on any atom is 0.252 e. The molecule has 1 aliphatic heterocycles. The van der Waals surface area contributed by atoms with Gasteiger partial charge in [0.15, 0.2) is 0 Å². The van der Waals surface area contributed by atoms with Gasteiger partial charge in [0.2, 0.25) is 0 Å². The van der Waals surface area contributed by atoms with Crippen LogP contribution in [0.1, 0.15) is 45.4 Å². The lowest BCUT2D eigenvalue weighted by atomic mass is 9.89. The summed E-state index contributed by atoms with van der Waals surface area (Å²) in [5.74, 6) is 0.721. The van der Waals surface area contributed by atoms with Gasteiger partial charge in [0.05, 0.1) is 0 Å². The Bertz CT molecular complexity index is 383. The molecule has 1 saturated heterocycles. The molecule has 21 heavy (non-hydrogen) atoms. The molecule has 0 aromatic rings. The lowest BCUT2D eigenvalue weighted by Crippen LogP contribution is -2.56. The van der Waals surface area contributed by atoms with Crippen molar-refractivity contribution in [2.24, 2.45) is 0 Å². The van der Waals surface area contributed by atoms with Crippen LogP contribution >= 0.6 is 0 Å². The van der Waals surface area contributed by atoms with Gasteiger partial charge in [0.1, 0.15) is 5.60 Å². The summed E-state index contributed by atoms with van der Waals surface area (Å²) >= 11 is 0. The molecule has 0 radical (unpaired) electrons. The lowest BCUT2D eigenvalue weighted by Gasteiger charge is -2.37. The summed E-state index contributed by atoms with van der Waals surface area (Å²) in [7, 11) is 0.867. The first-order valence-corrected chi connectivity index (χ1v) is 9.43. The molecular weight excluding hydrogens is 288 g/mol. The predicted octanol–water partition coefficient (Wildman–Crippen LogP) is 0.951. The second-order valence-electron chi connectivity index (χ2n) is 6.08. The minimum absolute atomic E-state index is 0.0134. The number of carbonyl (C=O) groups is 1. The highest BCUT2D eigenvalue weighted by atomic mass is 32.2. The van der Waals surface area contributed by atoms with Gasteiger partial charge in [-0.1, -0.05) is 13.3 Å². The van der Waals surface area contributed by atoms with E-state index in [0.29, 0.717) is 18.6 Å². The largest absolute Gasteiger partial charge is 0.368 e. The van der Waals surface area contributed by atoms with E-state index in [2.05, 4.69) is 10.6 Å². The molecule has 0 bridgehead atoms. The number of hydrogen-bond donors (Lipinski definition) is 2. The Hall–Kier alpha value is -0.460. The van der Waals surface area contributed by atoms with Gasteiger partial charge in [-0.3, -0.25) is 9.00 Å². The van der Waals surface area contributed by atoms with Crippen LogP contribution in [0.25, 0.3) is 0 Å². The van der Waals surface area contributed by atoms with Crippen molar-refractivity contribution in [1.82, 2.24) is 10.6 Å². The van der Waals surface area contributed by atoms with E-state index in [0.717, 1.165) is 38.8 Å². The molecule has 2 N–H and O–H groups in total. The van der Waals surface area contributed by atoms with Crippen LogP contribution in [0.2, 0.25) is 0 Å². The quantitative estimate of drug-likeness (QED) is 0.792.